The molecule has 0 radical (unpaired) electrons. The Bertz CT molecular complexity index is 335. The number of fused-ring (bicyclic) bond motifs is 1. The van der Waals surface area contributed by atoms with Crippen LogP contribution in [0.3, 0.4) is 0 Å². The van der Waals surface area contributed by atoms with Crippen LogP contribution in [0.2, 0.25) is 0 Å². The number of carbonyl (C=O) groups is 1. The first kappa shape index (κ1) is 8.63. The van der Waals surface area contributed by atoms with Crippen molar-refractivity contribution in [2.24, 2.45) is 0 Å². The van der Waals surface area contributed by atoms with Crippen LogP contribution in [0.1, 0.15) is 11.5 Å². The summed E-state index contributed by atoms with van der Waals surface area (Å²) in [5.41, 5.74) is 1.11. The number of rotatable bonds is 1. The van der Waals surface area contributed by atoms with Gasteiger partial charge < -0.3 is 4.74 Å². The van der Waals surface area contributed by atoms with Crippen molar-refractivity contribution >= 4 is 17.7 Å². The zero-order valence-electron chi connectivity index (χ0n) is 7.32. The van der Waals surface area contributed by atoms with Crippen molar-refractivity contribution in [3.8, 4) is 0 Å². The maximum Gasteiger partial charge on any atom is 0.314 e. The number of methoxy groups -OCH3 is 1. The van der Waals surface area contributed by atoms with Crippen molar-refractivity contribution in [3.63, 3.8) is 0 Å². The van der Waals surface area contributed by atoms with Crippen LogP contribution in [0, 0.1) is 0 Å². The Labute approximate surface area is 81.3 Å². The standard InChI is InChI=1S/C10H10O2S/c1-12-10(11)8-6-13-9-5-3-2-4-7(8)9/h2-5,8H,6H2,1H3/t8-/m0/s1. The molecule has 0 spiro atoms. The molecule has 0 aliphatic carbocycles. The molecule has 3 heteroatoms. The van der Waals surface area contributed by atoms with Gasteiger partial charge in [-0.15, -0.1) is 11.8 Å². The maximum atomic E-state index is 11.3. The van der Waals surface area contributed by atoms with E-state index in [-0.39, 0.29) is 11.9 Å². The second-order valence-corrected chi connectivity index (χ2v) is 3.99. The van der Waals surface area contributed by atoms with Crippen LogP contribution in [0.4, 0.5) is 0 Å². The summed E-state index contributed by atoms with van der Waals surface area (Å²) in [5.74, 6) is 0.620. The SMILES string of the molecule is COC(=O)[C@H]1CSc2ccccc21. The number of esters is 1. The number of thioether (sulfide) groups is 1. The second-order valence-electron chi connectivity index (χ2n) is 2.92. The average Bonchev–Trinajstić information content (AvgIpc) is 2.60. The molecule has 2 rings (SSSR count). The quantitative estimate of drug-likeness (QED) is 0.640. The summed E-state index contributed by atoms with van der Waals surface area (Å²) < 4.78 is 4.74. The number of hydrogen-bond donors (Lipinski definition) is 0. The summed E-state index contributed by atoms with van der Waals surface area (Å²) in [7, 11) is 1.44. The molecule has 1 atom stereocenters. The van der Waals surface area contributed by atoms with E-state index in [9.17, 15) is 4.79 Å². The fourth-order valence-electron chi connectivity index (χ4n) is 1.50. The Morgan fingerprint density at radius 2 is 2.31 bits per heavy atom. The maximum absolute atomic E-state index is 11.3. The van der Waals surface area contributed by atoms with Crippen LogP contribution in [0.15, 0.2) is 29.2 Å². The lowest BCUT2D eigenvalue weighted by molar-refractivity contribution is -0.141. The molecule has 1 aromatic carbocycles. The van der Waals surface area contributed by atoms with Gasteiger partial charge in [0.2, 0.25) is 0 Å². The Kier molecular flexibility index (Phi) is 2.27. The molecule has 0 fully saturated rings. The van der Waals surface area contributed by atoms with E-state index in [1.807, 2.05) is 24.3 Å². The van der Waals surface area contributed by atoms with Crippen LogP contribution < -0.4 is 0 Å². The lowest BCUT2D eigenvalue weighted by Gasteiger charge is -2.06. The van der Waals surface area contributed by atoms with Crippen LogP contribution in [0.5, 0.6) is 0 Å². The van der Waals surface area contributed by atoms with Gasteiger partial charge in [-0.1, -0.05) is 18.2 Å². The van der Waals surface area contributed by atoms with Gasteiger partial charge in [0.05, 0.1) is 13.0 Å². The lowest BCUT2D eigenvalue weighted by Crippen LogP contribution is -2.13. The summed E-state index contributed by atoms with van der Waals surface area (Å²) in [6, 6.07) is 7.99. The van der Waals surface area contributed by atoms with Gasteiger partial charge in [0.15, 0.2) is 0 Å². The predicted octanol–water partition coefficient (Wildman–Crippen LogP) is 2.05. The van der Waals surface area contributed by atoms with E-state index in [1.54, 1.807) is 11.8 Å². The van der Waals surface area contributed by atoms with Crippen LogP contribution in [0.25, 0.3) is 0 Å². The topological polar surface area (TPSA) is 26.3 Å². The van der Waals surface area contributed by atoms with Gasteiger partial charge in [-0.25, -0.2) is 0 Å². The molecule has 0 saturated carbocycles. The van der Waals surface area contributed by atoms with Gasteiger partial charge >= 0.3 is 5.97 Å². The lowest BCUT2D eigenvalue weighted by atomic mass is 10.0. The Morgan fingerprint density at radius 1 is 1.54 bits per heavy atom. The highest BCUT2D eigenvalue weighted by Gasteiger charge is 2.29. The van der Waals surface area contributed by atoms with Crippen LogP contribution in [-0.4, -0.2) is 18.8 Å². The molecule has 0 unspecified atom stereocenters. The van der Waals surface area contributed by atoms with Crippen molar-refractivity contribution in [1.29, 1.82) is 0 Å². The molecule has 68 valence electrons. The average molecular weight is 194 g/mol. The van der Waals surface area contributed by atoms with E-state index in [2.05, 4.69) is 0 Å². The normalized spacial score (nSPS) is 19.6. The summed E-state index contributed by atoms with van der Waals surface area (Å²) in [5, 5.41) is 0. The smallest absolute Gasteiger partial charge is 0.314 e. The number of hydrogen-bond acceptors (Lipinski definition) is 3. The molecule has 1 heterocycles. The highest BCUT2D eigenvalue weighted by molar-refractivity contribution is 7.99. The second kappa shape index (κ2) is 3.42. The third-order valence-electron chi connectivity index (χ3n) is 2.19. The molecule has 0 N–H and O–H groups in total. The summed E-state index contributed by atoms with van der Waals surface area (Å²) in [6.45, 7) is 0. The Morgan fingerprint density at radius 3 is 3.08 bits per heavy atom. The third kappa shape index (κ3) is 1.44. The monoisotopic (exact) mass is 194 g/mol. The molecule has 1 aliphatic rings. The minimum Gasteiger partial charge on any atom is -0.469 e. The van der Waals surface area contributed by atoms with Crippen molar-refractivity contribution < 1.29 is 9.53 Å². The van der Waals surface area contributed by atoms with Gasteiger partial charge in [0.1, 0.15) is 0 Å². The first-order chi connectivity index (χ1) is 6.33. The number of carbonyl (C=O) groups excluding carboxylic acids is 1. The first-order valence-corrected chi connectivity index (χ1v) is 5.11. The molecule has 1 aromatic rings. The zero-order chi connectivity index (χ0) is 9.26. The Balaban J connectivity index is 2.33. The molecule has 0 amide bonds. The minimum atomic E-state index is -0.127. The molecule has 2 nitrogen and oxygen atoms in total. The number of ether oxygens (including phenoxy) is 1. The van der Waals surface area contributed by atoms with Crippen molar-refractivity contribution in [3.05, 3.63) is 29.8 Å². The summed E-state index contributed by atoms with van der Waals surface area (Å²) in [4.78, 5) is 12.5. The van der Waals surface area contributed by atoms with E-state index >= 15 is 0 Å². The van der Waals surface area contributed by atoms with E-state index in [4.69, 9.17) is 4.74 Å². The molecule has 0 saturated heterocycles. The minimum absolute atomic E-state index is 0.0637. The molecular formula is C10H10O2S. The number of benzene rings is 1. The van der Waals surface area contributed by atoms with Gasteiger partial charge in [0, 0.05) is 10.6 Å². The van der Waals surface area contributed by atoms with Crippen molar-refractivity contribution in [2.75, 3.05) is 12.9 Å². The van der Waals surface area contributed by atoms with Gasteiger partial charge in [0.25, 0.3) is 0 Å². The summed E-state index contributed by atoms with van der Waals surface area (Å²) >= 11 is 1.72. The van der Waals surface area contributed by atoms with Gasteiger partial charge in [-0.05, 0) is 11.6 Å². The van der Waals surface area contributed by atoms with E-state index in [1.165, 1.54) is 12.0 Å². The fourth-order valence-corrected chi connectivity index (χ4v) is 2.71. The molecular weight excluding hydrogens is 184 g/mol. The zero-order valence-corrected chi connectivity index (χ0v) is 8.14. The van der Waals surface area contributed by atoms with E-state index in [0.29, 0.717) is 0 Å². The molecule has 0 bridgehead atoms. The Hall–Kier alpha value is -0.960. The van der Waals surface area contributed by atoms with Gasteiger partial charge in [-0.2, -0.15) is 0 Å². The first-order valence-electron chi connectivity index (χ1n) is 4.12. The molecule has 13 heavy (non-hydrogen) atoms. The van der Waals surface area contributed by atoms with E-state index in [0.717, 1.165) is 11.3 Å². The van der Waals surface area contributed by atoms with Crippen molar-refractivity contribution in [1.82, 2.24) is 0 Å². The largest absolute Gasteiger partial charge is 0.469 e. The highest BCUT2D eigenvalue weighted by Crippen LogP contribution is 2.39. The molecule has 1 aliphatic heterocycles. The van der Waals surface area contributed by atoms with Crippen LogP contribution >= 0.6 is 11.8 Å². The third-order valence-corrected chi connectivity index (χ3v) is 3.37. The molecule has 0 aromatic heterocycles. The van der Waals surface area contributed by atoms with Crippen molar-refractivity contribution in [2.45, 2.75) is 10.8 Å². The predicted molar refractivity (Wildman–Crippen MR) is 51.9 cm³/mol. The van der Waals surface area contributed by atoms with Gasteiger partial charge in [-0.3, -0.25) is 4.79 Å². The fraction of sp³-hybridized carbons (Fsp3) is 0.300. The summed E-state index contributed by atoms with van der Waals surface area (Å²) in [6.07, 6.45) is 0. The van der Waals surface area contributed by atoms with E-state index < -0.39 is 0 Å². The highest BCUT2D eigenvalue weighted by atomic mass is 32.2. The van der Waals surface area contributed by atoms with Crippen LogP contribution in [-0.2, 0) is 9.53 Å².